The molecule has 0 heterocycles. The number of rotatable bonds is 7. The highest BCUT2D eigenvalue weighted by Crippen LogP contribution is 2.15. The fourth-order valence-corrected chi connectivity index (χ4v) is 1.49. The van der Waals surface area contributed by atoms with E-state index in [-0.39, 0.29) is 6.03 Å². The van der Waals surface area contributed by atoms with Crippen LogP contribution in [0.1, 0.15) is 12.0 Å². The number of nitrogens with one attached hydrogen (secondary N) is 2. The van der Waals surface area contributed by atoms with Crippen molar-refractivity contribution in [2.45, 2.75) is 13.3 Å². The van der Waals surface area contributed by atoms with Gasteiger partial charge in [-0.05, 0) is 25.0 Å². The van der Waals surface area contributed by atoms with Crippen molar-refractivity contribution in [3.8, 4) is 5.75 Å². The second kappa shape index (κ2) is 8.64. The summed E-state index contributed by atoms with van der Waals surface area (Å²) in [6.07, 6.45) is 0.766. The van der Waals surface area contributed by atoms with E-state index in [1.807, 2.05) is 31.2 Å². The van der Waals surface area contributed by atoms with Gasteiger partial charge in [0.05, 0.1) is 6.61 Å². The Labute approximate surface area is 113 Å². The minimum absolute atomic E-state index is 0.188. The highest BCUT2D eigenvalue weighted by atomic mass is 35.5. The lowest BCUT2D eigenvalue weighted by atomic mass is 10.2. The van der Waals surface area contributed by atoms with E-state index in [9.17, 15) is 4.79 Å². The summed E-state index contributed by atoms with van der Waals surface area (Å²) in [5, 5.41) is 5.36. The summed E-state index contributed by atoms with van der Waals surface area (Å²) in [6, 6.07) is 7.68. The number of halogens is 1. The van der Waals surface area contributed by atoms with E-state index in [2.05, 4.69) is 10.6 Å². The van der Waals surface area contributed by atoms with Crippen LogP contribution in [-0.2, 0) is 0 Å². The van der Waals surface area contributed by atoms with Gasteiger partial charge in [0, 0.05) is 19.0 Å². The summed E-state index contributed by atoms with van der Waals surface area (Å²) < 4.78 is 5.61. The second-order valence-electron chi connectivity index (χ2n) is 3.84. The van der Waals surface area contributed by atoms with Crippen LogP contribution in [0.3, 0.4) is 0 Å². The number of urea groups is 1. The lowest BCUT2D eigenvalue weighted by Crippen LogP contribution is -2.37. The summed E-state index contributed by atoms with van der Waals surface area (Å²) in [5.74, 6) is 1.31. The SMILES string of the molecule is Cc1ccccc1OCCCNC(=O)NCCCl. The largest absolute Gasteiger partial charge is 0.493 e. The molecule has 2 amide bonds. The molecule has 4 nitrogen and oxygen atoms in total. The molecule has 0 atom stereocenters. The number of alkyl halides is 1. The Hall–Kier alpha value is -1.42. The fraction of sp³-hybridized carbons (Fsp3) is 0.462. The van der Waals surface area contributed by atoms with E-state index < -0.39 is 0 Å². The van der Waals surface area contributed by atoms with Gasteiger partial charge < -0.3 is 15.4 Å². The third-order valence-corrected chi connectivity index (χ3v) is 2.53. The molecular formula is C13H19ClN2O2. The Balaban J connectivity index is 2.09. The molecule has 0 aromatic heterocycles. The molecule has 0 saturated carbocycles. The van der Waals surface area contributed by atoms with Crippen LogP contribution in [0.4, 0.5) is 4.79 Å². The molecule has 0 saturated heterocycles. The Bertz CT molecular complexity index is 372. The van der Waals surface area contributed by atoms with Crippen LogP contribution < -0.4 is 15.4 Å². The molecule has 0 unspecified atom stereocenters. The van der Waals surface area contributed by atoms with Crippen LogP contribution in [0.25, 0.3) is 0 Å². The molecular weight excluding hydrogens is 252 g/mol. The minimum atomic E-state index is -0.188. The maximum atomic E-state index is 11.2. The lowest BCUT2D eigenvalue weighted by molar-refractivity contribution is 0.239. The highest BCUT2D eigenvalue weighted by molar-refractivity contribution is 6.18. The quantitative estimate of drug-likeness (QED) is 0.590. The molecule has 0 bridgehead atoms. The van der Waals surface area contributed by atoms with Crippen molar-refractivity contribution in [2.75, 3.05) is 25.6 Å². The zero-order valence-corrected chi connectivity index (χ0v) is 11.3. The van der Waals surface area contributed by atoms with Crippen molar-refractivity contribution < 1.29 is 9.53 Å². The monoisotopic (exact) mass is 270 g/mol. The Kier molecular flexibility index (Phi) is 7.03. The zero-order chi connectivity index (χ0) is 13.2. The smallest absolute Gasteiger partial charge is 0.314 e. The molecule has 1 aromatic carbocycles. The van der Waals surface area contributed by atoms with Gasteiger partial charge in [-0.15, -0.1) is 11.6 Å². The average molecular weight is 271 g/mol. The summed E-state index contributed by atoms with van der Waals surface area (Å²) in [5.41, 5.74) is 1.12. The number of carbonyl (C=O) groups excluding carboxylic acids is 1. The van der Waals surface area contributed by atoms with Gasteiger partial charge in [0.15, 0.2) is 0 Å². The van der Waals surface area contributed by atoms with Gasteiger partial charge in [-0.2, -0.15) is 0 Å². The molecule has 5 heteroatoms. The minimum Gasteiger partial charge on any atom is -0.493 e. The third kappa shape index (κ3) is 5.77. The summed E-state index contributed by atoms with van der Waals surface area (Å²) in [4.78, 5) is 11.2. The van der Waals surface area contributed by atoms with E-state index in [0.717, 1.165) is 17.7 Å². The highest BCUT2D eigenvalue weighted by Gasteiger charge is 1.99. The van der Waals surface area contributed by atoms with Crippen molar-refractivity contribution in [2.24, 2.45) is 0 Å². The number of carbonyl (C=O) groups is 1. The second-order valence-corrected chi connectivity index (χ2v) is 4.22. The van der Waals surface area contributed by atoms with Gasteiger partial charge in [-0.25, -0.2) is 4.79 Å². The van der Waals surface area contributed by atoms with E-state index in [1.165, 1.54) is 0 Å². The Morgan fingerprint density at radius 2 is 2.00 bits per heavy atom. The molecule has 0 radical (unpaired) electrons. The predicted molar refractivity (Wildman–Crippen MR) is 73.4 cm³/mol. The number of ether oxygens (including phenoxy) is 1. The summed E-state index contributed by atoms with van der Waals surface area (Å²) in [6.45, 7) is 3.65. The standard InChI is InChI=1S/C13H19ClN2O2/c1-11-5-2-3-6-12(11)18-10-4-8-15-13(17)16-9-7-14/h2-3,5-6H,4,7-10H2,1H3,(H2,15,16,17). The first-order valence-electron chi connectivity index (χ1n) is 6.00. The molecule has 0 fully saturated rings. The van der Waals surface area contributed by atoms with Crippen LogP contribution in [0.2, 0.25) is 0 Å². The Morgan fingerprint density at radius 1 is 1.28 bits per heavy atom. The number of amides is 2. The first-order valence-corrected chi connectivity index (χ1v) is 6.53. The molecule has 100 valence electrons. The van der Waals surface area contributed by atoms with E-state index >= 15 is 0 Å². The molecule has 18 heavy (non-hydrogen) atoms. The van der Waals surface area contributed by atoms with Crippen molar-refractivity contribution in [3.63, 3.8) is 0 Å². The van der Waals surface area contributed by atoms with Crippen molar-refractivity contribution >= 4 is 17.6 Å². The van der Waals surface area contributed by atoms with E-state index in [4.69, 9.17) is 16.3 Å². The van der Waals surface area contributed by atoms with Gasteiger partial charge >= 0.3 is 6.03 Å². The lowest BCUT2D eigenvalue weighted by Gasteiger charge is -2.09. The molecule has 0 aliphatic carbocycles. The van der Waals surface area contributed by atoms with Crippen LogP contribution in [-0.4, -0.2) is 31.6 Å². The van der Waals surface area contributed by atoms with Crippen LogP contribution >= 0.6 is 11.6 Å². The van der Waals surface area contributed by atoms with Gasteiger partial charge in [-0.1, -0.05) is 18.2 Å². The van der Waals surface area contributed by atoms with Gasteiger partial charge in [0.1, 0.15) is 5.75 Å². The predicted octanol–water partition coefficient (Wildman–Crippen LogP) is 2.30. The molecule has 2 N–H and O–H groups in total. The van der Waals surface area contributed by atoms with Gasteiger partial charge in [-0.3, -0.25) is 0 Å². The van der Waals surface area contributed by atoms with Gasteiger partial charge in [0.25, 0.3) is 0 Å². The maximum absolute atomic E-state index is 11.2. The molecule has 0 aliphatic rings. The molecule has 1 rings (SSSR count). The number of hydrogen-bond donors (Lipinski definition) is 2. The first kappa shape index (κ1) is 14.6. The van der Waals surface area contributed by atoms with E-state index in [0.29, 0.717) is 25.6 Å². The fourth-order valence-electron chi connectivity index (χ4n) is 1.40. The van der Waals surface area contributed by atoms with Crippen molar-refractivity contribution in [3.05, 3.63) is 29.8 Å². The zero-order valence-electron chi connectivity index (χ0n) is 10.5. The number of benzene rings is 1. The number of para-hydroxylation sites is 1. The summed E-state index contributed by atoms with van der Waals surface area (Å²) >= 11 is 5.45. The first-order chi connectivity index (χ1) is 8.74. The van der Waals surface area contributed by atoms with Crippen molar-refractivity contribution in [1.82, 2.24) is 10.6 Å². The normalized spacial score (nSPS) is 9.89. The summed E-state index contributed by atoms with van der Waals surface area (Å²) in [7, 11) is 0. The molecule has 1 aromatic rings. The van der Waals surface area contributed by atoms with E-state index in [1.54, 1.807) is 0 Å². The number of aryl methyl sites for hydroxylation is 1. The van der Waals surface area contributed by atoms with Crippen LogP contribution in [0.15, 0.2) is 24.3 Å². The maximum Gasteiger partial charge on any atom is 0.314 e. The number of hydrogen-bond acceptors (Lipinski definition) is 2. The molecule has 0 aliphatic heterocycles. The van der Waals surface area contributed by atoms with Gasteiger partial charge in [0.2, 0.25) is 0 Å². The molecule has 0 spiro atoms. The van der Waals surface area contributed by atoms with Crippen LogP contribution in [0, 0.1) is 6.92 Å². The van der Waals surface area contributed by atoms with Crippen LogP contribution in [0.5, 0.6) is 5.75 Å². The van der Waals surface area contributed by atoms with Crippen molar-refractivity contribution in [1.29, 1.82) is 0 Å². The Morgan fingerprint density at radius 3 is 2.72 bits per heavy atom. The average Bonchev–Trinajstić information content (AvgIpc) is 2.38. The third-order valence-electron chi connectivity index (χ3n) is 2.34. The topological polar surface area (TPSA) is 50.4 Å².